The van der Waals surface area contributed by atoms with Crippen molar-refractivity contribution in [2.75, 3.05) is 27.2 Å². The van der Waals surface area contributed by atoms with Crippen molar-refractivity contribution in [1.82, 2.24) is 19.7 Å². The van der Waals surface area contributed by atoms with Crippen molar-refractivity contribution in [1.29, 1.82) is 0 Å². The van der Waals surface area contributed by atoms with Crippen LogP contribution in [0, 0.1) is 5.82 Å². The molecule has 0 bridgehead atoms. The number of amides is 3. The number of rotatable bonds is 6. The van der Waals surface area contributed by atoms with Gasteiger partial charge in [-0.3, -0.25) is 14.7 Å². The summed E-state index contributed by atoms with van der Waals surface area (Å²) in [7, 11) is 3.70. The molecule has 1 fully saturated rings. The predicted molar refractivity (Wildman–Crippen MR) is 99.2 cm³/mol. The van der Waals surface area contributed by atoms with Crippen LogP contribution in [0.5, 0.6) is 0 Å². The van der Waals surface area contributed by atoms with E-state index < -0.39 is 0 Å². The fourth-order valence-electron chi connectivity index (χ4n) is 3.23. The van der Waals surface area contributed by atoms with Gasteiger partial charge in [0.2, 0.25) is 5.91 Å². The molecular weight excluding hydrogens is 347 g/mol. The third-order valence-electron chi connectivity index (χ3n) is 4.71. The zero-order valence-electron chi connectivity index (χ0n) is 15.5. The highest BCUT2D eigenvalue weighted by Gasteiger charge is 2.34. The van der Waals surface area contributed by atoms with E-state index in [0.29, 0.717) is 13.1 Å². The molecule has 2 aromatic rings. The van der Waals surface area contributed by atoms with Gasteiger partial charge in [-0.1, -0.05) is 18.2 Å². The first-order valence-corrected chi connectivity index (χ1v) is 8.86. The molecule has 0 N–H and O–H groups in total. The number of hydrogen-bond donors (Lipinski definition) is 0. The topological polar surface area (TPSA) is 56.8 Å². The van der Waals surface area contributed by atoms with Gasteiger partial charge >= 0.3 is 6.03 Å². The number of nitrogens with zero attached hydrogens (tertiary/aromatic N) is 4. The molecule has 1 aliphatic heterocycles. The van der Waals surface area contributed by atoms with Crippen molar-refractivity contribution in [2.45, 2.75) is 19.0 Å². The van der Waals surface area contributed by atoms with Gasteiger partial charge in [0.15, 0.2) is 0 Å². The minimum absolute atomic E-state index is 0.178. The number of imide groups is 1. The summed E-state index contributed by atoms with van der Waals surface area (Å²) in [6.45, 7) is 0.969. The SMILES string of the molecule is CN(C)C(CN1C(=O)CCN(Cc2cccnc2)C1=O)c1cccc(F)c1. The Balaban J connectivity index is 1.78. The first-order valence-electron chi connectivity index (χ1n) is 8.86. The molecule has 0 spiro atoms. The van der Waals surface area contributed by atoms with Crippen molar-refractivity contribution in [3.63, 3.8) is 0 Å². The van der Waals surface area contributed by atoms with Gasteiger partial charge in [-0.05, 0) is 43.4 Å². The van der Waals surface area contributed by atoms with Gasteiger partial charge in [-0.25, -0.2) is 9.18 Å². The Labute approximate surface area is 158 Å². The number of aromatic nitrogens is 1. The molecule has 2 heterocycles. The summed E-state index contributed by atoms with van der Waals surface area (Å²) in [6.07, 6.45) is 3.66. The van der Waals surface area contributed by atoms with Crippen LogP contribution in [0.1, 0.15) is 23.6 Å². The Hall–Kier alpha value is -2.80. The Bertz CT molecular complexity index is 813. The molecule has 3 amide bonds. The lowest BCUT2D eigenvalue weighted by Crippen LogP contribution is -2.53. The molecule has 0 radical (unpaired) electrons. The first kappa shape index (κ1) is 19.0. The molecule has 3 rings (SSSR count). The Morgan fingerprint density at radius 2 is 2.04 bits per heavy atom. The summed E-state index contributed by atoms with van der Waals surface area (Å²) in [4.78, 5) is 34.2. The first-order chi connectivity index (χ1) is 13.0. The Morgan fingerprint density at radius 1 is 1.22 bits per heavy atom. The molecule has 0 saturated carbocycles. The molecule has 1 unspecified atom stereocenters. The summed E-state index contributed by atoms with van der Waals surface area (Å²) in [6, 6.07) is 9.37. The number of likely N-dealkylation sites (N-methyl/N-ethyl adjacent to an activating group) is 1. The Morgan fingerprint density at radius 3 is 2.70 bits per heavy atom. The van der Waals surface area contributed by atoms with Crippen molar-refractivity contribution >= 4 is 11.9 Å². The highest BCUT2D eigenvalue weighted by Crippen LogP contribution is 2.23. The zero-order valence-corrected chi connectivity index (χ0v) is 15.5. The lowest BCUT2D eigenvalue weighted by molar-refractivity contribution is -0.131. The van der Waals surface area contributed by atoms with E-state index in [4.69, 9.17) is 0 Å². The third-order valence-corrected chi connectivity index (χ3v) is 4.71. The van der Waals surface area contributed by atoms with E-state index in [0.717, 1.165) is 11.1 Å². The van der Waals surface area contributed by atoms with E-state index in [1.54, 1.807) is 29.4 Å². The number of hydrogen-bond acceptors (Lipinski definition) is 4. The molecule has 1 atom stereocenters. The molecule has 1 aromatic carbocycles. The van der Waals surface area contributed by atoms with E-state index in [-0.39, 0.29) is 36.8 Å². The summed E-state index contributed by atoms with van der Waals surface area (Å²) < 4.78 is 13.6. The van der Waals surface area contributed by atoms with Gasteiger partial charge in [0.25, 0.3) is 0 Å². The quantitative estimate of drug-likeness (QED) is 0.785. The van der Waals surface area contributed by atoms with Crippen LogP contribution in [0.3, 0.4) is 0 Å². The molecule has 27 heavy (non-hydrogen) atoms. The minimum Gasteiger partial charge on any atom is -0.319 e. The second-order valence-electron chi connectivity index (χ2n) is 6.85. The van der Waals surface area contributed by atoms with E-state index in [1.165, 1.54) is 17.0 Å². The standard InChI is InChI=1S/C20H23FN4O2/c1-23(2)18(16-6-3-7-17(21)11-16)14-25-19(26)8-10-24(20(25)27)13-15-5-4-9-22-12-15/h3-7,9,11-12,18H,8,10,13-14H2,1-2H3. The van der Waals surface area contributed by atoms with Crippen LogP contribution in [-0.4, -0.2) is 58.8 Å². The van der Waals surface area contributed by atoms with Gasteiger partial charge in [-0.15, -0.1) is 0 Å². The van der Waals surface area contributed by atoms with Crippen LogP contribution in [-0.2, 0) is 11.3 Å². The molecule has 1 aliphatic rings. The fraction of sp³-hybridized carbons (Fsp3) is 0.350. The number of halogens is 1. The van der Waals surface area contributed by atoms with E-state index >= 15 is 0 Å². The van der Waals surface area contributed by atoms with Crippen LogP contribution in [0.15, 0.2) is 48.8 Å². The molecule has 6 nitrogen and oxygen atoms in total. The lowest BCUT2D eigenvalue weighted by atomic mass is 10.0. The summed E-state index contributed by atoms with van der Waals surface area (Å²) in [5.74, 6) is -0.542. The van der Waals surface area contributed by atoms with Crippen LogP contribution in [0.4, 0.5) is 9.18 Å². The van der Waals surface area contributed by atoms with Crippen molar-refractivity contribution in [3.8, 4) is 0 Å². The smallest absolute Gasteiger partial charge is 0.319 e. The summed E-state index contributed by atoms with van der Waals surface area (Å²) in [5.41, 5.74) is 1.64. The monoisotopic (exact) mass is 370 g/mol. The number of benzene rings is 1. The van der Waals surface area contributed by atoms with Gasteiger partial charge in [0, 0.05) is 31.9 Å². The maximum absolute atomic E-state index is 13.6. The second kappa shape index (κ2) is 8.26. The number of carbonyl (C=O) groups is 2. The largest absolute Gasteiger partial charge is 0.327 e. The number of carbonyl (C=O) groups excluding carboxylic acids is 2. The highest BCUT2D eigenvalue weighted by molar-refractivity contribution is 5.96. The molecule has 0 aliphatic carbocycles. The third kappa shape index (κ3) is 4.49. The van der Waals surface area contributed by atoms with Crippen LogP contribution in [0.2, 0.25) is 0 Å². The zero-order chi connectivity index (χ0) is 19.4. The summed E-state index contributed by atoms with van der Waals surface area (Å²) >= 11 is 0. The molecule has 1 aromatic heterocycles. The van der Waals surface area contributed by atoms with Crippen LogP contribution >= 0.6 is 0 Å². The normalized spacial score (nSPS) is 16.1. The minimum atomic E-state index is -0.339. The molecule has 1 saturated heterocycles. The number of urea groups is 1. The van der Waals surface area contributed by atoms with Crippen LogP contribution < -0.4 is 0 Å². The van der Waals surface area contributed by atoms with Gasteiger partial charge in [0.1, 0.15) is 5.82 Å². The predicted octanol–water partition coefficient (Wildman–Crippen LogP) is 2.68. The van der Waals surface area contributed by atoms with E-state index in [1.807, 2.05) is 31.1 Å². The van der Waals surface area contributed by atoms with Crippen molar-refractivity contribution in [2.24, 2.45) is 0 Å². The maximum atomic E-state index is 13.6. The summed E-state index contributed by atoms with van der Waals surface area (Å²) in [5, 5.41) is 0. The van der Waals surface area contributed by atoms with Crippen molar-refractivity contribution in [3.05, 3.63) is 65.7 Å². The van der Waals surface area contributed by atoms with Gasteiger partial charge in [0.05, 0.1) is 12.6 Å². The average molecular weight is 370 g/mol. The average Bonchev–Trinajstić information content (AvgIpc) is 2.64. The molecule has 142 valence electrons. The van der Waals surface area contributed by atoms with E-state index in [9.17, 15) is 14.0 Å². The molecule has 7 heteroatoms. The van der Waals surface area contributed by atoms with E-state index in [2.05, 4.69) is 4.98 Å². The maximum Gasteiger partial charge on any atom is 0.327 e. The van der Waals surface area contributed by atoms with Crippen LogP contribution in [0.25, 0.3) is 0 Å². The van der Waals surface area contributed by atoms with Crippen molar-refractivity contribution < 1.29 is 14.0 Å². The van der Waals surface area contributed by atoms with Gasteiger partial charge in [-0.2, -0.15) is 0 Å². The molecular formula is C20H23FN4O2. The second-order valence-corrected chi connectivity index (χ2v) is 6.85. The fourth-order valence-corrected chi connectivity index (χ4v) is 3.23. The lowest BCUT2D eigenvalue weighted by Gasteiger charge is -2.37. The van der Waals surface area contributed by atoms with Gasteiger partial charge < -0.3 is 9.80 Å². The Kier molecular flexibility index (Phi) is 5.81. The number of pyridine rings is 1. The highest BCUT2D eigenvalue weighted by atomic mass is 19.1.